The van der Waals surface area contributed by atoms with Gasteiger partial charge in [0, 0.05) is 35.0 Å². The smallest absolute Gasteiger partial charge is 0.229 e. The highest BCUT2D eigenvalue weighted by molar-refractivity contribution is 9.10. The number of nitrogens with one attached hydrogen (secondary N) is 1. The summed E-state index contributed by atoms with van der Waals surface area (Å²) in [6.45, 7) is 10.2. The third-order valence-corrected chi connectivity index (χ3v) is 4.23. The van der Waals surface area contributed by atoms with Gasteiger partial charge in [-0.3, -0.25) is 0 Å². The quantitative estimate of drug-likeness (QED) is 0.866. The molecular formula is C16H21BrN4. The highest BCUT2D eigenvalue weighted by Crippen LogP contribution is 2.23. The molecule has 0 unspecified atom stereocenters. The Balaban J connectivity index is 2.29. The molecule has 0 radical (unpaired) electrons. The first kappa shape index (κ1) is 15.8. The molecule has 0 atom stereocenters. The van der Waals surface area contributed by atoms with E-state index >= 15 is 0 Å². The molecule has 112 valence electrons. The van der Waals surface area contributed by atoms with Crippen molar-refractivity contribution in [2.45, 2.75) is 27.7 Å². The summed E-state index contributed by atoms with van der Waals surface area (Å²) in [7, 11) is 0. The topological polar surface area (TPSA) is 41.1 Å². The summed E-state index contributed by atoms with van der Waals surface area (Å²) in [6.07, 6.45) is 0. The lowest BCUT2D eigenvalue weighted by atomic mass is 10.2. The lowest BCUT2D eigenvalue weighted by Gasteiger charge is -2.20. The summed E-state index contributed by atoms with van der Waals surface area (Å²) in [5, 5.41) is 3.29. The fraction of sp³-hybridized carbons (Fsp3) is 0.375. The van der Waals surface area contributed by atoms with Crippen molar-refractivity contribution < 1.29 is 0 Å². The molecule has 0 spiro atoms. The molecule has 0 aliphatic heterocycles. The predicted octanol–water partition coefficient (Wildman–Crippen LogP) is 4.45. The van der Waals surface area contributed by atoms with Gasteiger partial charge in [-0.25, -0.2) is 4.98 Å². The third-order valence-electron chi connectivity index (χ3n) is 3.34. The third kappa shape index (κ3) is 3.94. The van der Waals surface area contributed by atoms with Gasteiger partial charge in [0.25, 0.3) is 0 Å². The van der Waals surface area contributed by atoms with E-state index < -0.39 is 0 Å². The number of anilines is 3. The summed E-state index contributed by atoms with van der Waals surface area (Å²) in [5.74, 6) is 1.60. The van der Waals surface area contributed by atoms with E-state index in [9.17, 15) is 0 Å². The predicted molar refractivity (Wildman–Crippen MR) is 92.5 cm³/mol. The van der Waals surface area contributed by atoms with Crippen molar-refractivity contribution in [3.8, 4) is 0 Å². The van der Waals surface area contributed by atoms with Crippen molar-refractivity contribution >= 4 is 33.4 Å². The minimum atomic E-state index is 0.638. The molecule has 0 saturated heterocycles. The number of rotatable bonds is 5. The molecule has 5 heteroatoms. The Hall–Kier alpha value is -1.62. The molecule has 21 heavy (non-hydrogen) atoms. The van der Waals surface area contributed by atoms with Crippen molar-refractivity contribution in [1.29, 1.82) is 0 Å². The van der Waals surface area contributed by atoms with Crippen LogP contribution in [0.5, 0.6) is 0 Å². The second-order valence-corrected chi connectivity index (χ2v) is 5.81. The maximum atomic E-state index is 4.61. The van der Waals surface area contributed by atoms with Crippen LogP contribution in [-0.2, 0) is 0 Å². The summed E-state index contributed by atoms with van der Waals surface area (Å²) in [5.41, 5.74) is 3.13. The van der Waals surface area contributed by atoms with Crippen LogP contribution in [0.2, 0.25) is 0 Å². The lowest BCUT2D eigenvalue weighted by molar-refractivity contribution is 0.840. The fourth-order valence-corrected chi connectivity index (χ4v) is 2.42. The van der Waals surface area contributed by atoms with Gasteiger partial charge >= 0.3 is 0 Å². The van der Waals surface area contributed by atoms with E-state index in [2.05, 4.69) is 63.0 Å². The Kier molecular flexibility index (Phi) is 5.17. The molecule has 0 aliphatic rings. The van der Waals surface area contributed by atoms with Crippen molar-refractivity contribution in [3.63, 3.8) is 0 Å². The maximum absolute atomic E-state index is 4.61. The Morgan fingerprint density at radius 2 is 1.81 bits per heavy atom. The number of aromatic nitrogens is 2. The normalized spacial score (nSPS) is 10.5. The van der Waals surface area contributed by atoms with Crippen molar-refractivity contribution in [1.82, 2.24) is 9.97 Å². The molecule has 4 nitrogen and oxygen atoms in total. The van der Waals surface area contributed by atoms with Crippen molar-refractivity contribution in [2.24, 2.45) is 0 Å². The first-order valence-electron chi connectivity index (χ1n) is 7.17. The van der Waals surface area contributed by atoms with Crippen LogP contribution in [-0.4, -0.2) is 23.1 Å². The molecule has 1 aromatic heterocycles. The van der Waals surface area contributed by atoms with Crippen LogP contribution < -0.4 is 10.2 Å². The van der Waals surface area contributed by atoms with E-state index in [1.165, 1.54) is 5.56 Å². The molecule has 1 aromatic carbocycles. The van der Waals surface area contributed by atoms with Gasteiger partial charge < -0.3 is 10.2 Å². The molecule has 0 amide bonds. The fourth-order valence-electron chi connectivity index (χ4n) is 2.17. The first-order chi connectivity index (χ1) is 10.0. The maximum Gasteiger partial charge on any atom is 0.229 e. The van der Waals surface area contributed by atoms with Crippen LogP contribution in [0.25, 0.3) is 0 Å². The highest BCUT2D eigenvalue weighted by Gasteiger charge is 2.08. The zero-order chi connectivity index (χ0) is 15.4. The van der Waals surface area contributed by atoms with Crippen LogP contribution in [0.1, 0.15) is 25.1 Å². The Bertz CT molecular complexity index is 624. The van der Waals surface area contributed by atoms with Gasteiger partial charge in [-0.15, -0.1) is 0 Å². The van der Waals surface area contributed by atoms with E-state index in [0.717, 1.165) is 34.8 Å². The van der Waals surface area contributed by atoms with Gasteiger partial charge in [-0.05, 0) is 51.5 Å². The number of halogens is 1. The number of nitrogens with zero attached hydrogens (tertiary/aromatic N) is 3. The molecule has 1 heterocycles. The summed E-state index contributed by atoms with van der Waals surface area (Å²) < 4.78 is 1.10. The molecule has 0 aliphatic carbocycles. The lowest BCUT2D eigenvalue weighted by Crippen LogP contribution is -2.23. The number of hydrogen-bond donors (Lipinski definition) is 1. The largest absolute Gasteiger partial charge is 0.357 e. The van der Waals surface area contributed by atoms with E-state index in [0.29, 0.717) is 5.95 Å². The number of aryl methyl sites for hydroxylation is 2. The van der Waals surface area contributed by atoms with Gasteiger partial charge in [0.05, 0.1) is 0 Å². The SMILES string of the molecule is CCN(CC)c1cc(C)nc(Nc2ccc(Br)c(C)c2)n1. The zero-order valence-corrected chi connectivity index (χ0v) is 14.5. The average molecular weight is 349 g/mol. The Morgan fingerprint density at radius 1 is 1.10 bits per heavy atom. The Labute approximate surface area is 134 Å². The molecular weight excluding hydrogens is 328 g/mol. The Morgan fingerprint density at radius 3 is 2.43 bits per heavy atom. The molecule has 0 saturated carbocycles. The molecule has 0 bridgehead atoms. The monoisotopic (exact) mass is 348 g/mol. The van der Waals surface area contributed by atoms with Crippen LogP contribution in [0, 0.1) is 13.8 Å². The summed E-state index contributed by atoms with van der Waals surface area (Å²) in [4.78, 5) is 11.3. The second kappa shape index (κ2) is 6.89. The number of benzene rings is 1. The van der Waals surface area contributed by atoms with Crippen LogP contribution in [0.15, 0.2) is 28.7 Å². The van der Waals surface area contributed by atoms with Gasteiger partial charge in [0.2, 0.25) is 5.95 Å². The van der Waals surface area contributed by atoms with E-state index in [-0.39, 0.29) is 0 Å². The molecule has 0 fully saturated rings. The van der Waals surface area contributed by atoms with E-state index in [4.69, 9.17) is 0 Å². The standard InChI is InChI=1S/C16H21BrN4/c1-5-21(6-2)15-10-12(4)18-16(20-15)19-13-7-8-14(17)11(3)9-13/h7-10H,5-6H2,1-4H3,(H,18,19,20). The zero-order valence-electron chi connectivity index (χ0n) is 12.9. The van der Waals surface area contributed by atoms with E-state index in [1.54, 1.807) is 0 Å². The van der Waals surface area contributed by atoms with Crippen molar-refractivity contribution in [3.05, 3.63) is 40.0 Å². The summed E-state index contributed by atoms with van der Waals surface area (Å²) >= 11 is 3.51. The molecule has 2 aromatic rings. The van der Waals surface area contributed by atoms with Gasteiger partial charge in [0.1, 0.15) is 5.82 Å². The molecule has 2 rings (SSSR count). The van der Waals surface area contributed by atoms with Gasteiger partial charge in [-0.1, -0.05) is 15.9 Å². The van der Waals surface area contributed by atoms with Gasteiger partial charge in [-0.2, -0.15) is 4.98 Å². The first-order valence-corrected chi connectivity index (χ1v) is 7.96. The van der Waals surface area contributed by atoms with Crippen molar-refractivity contribution in [2.75, 3.05) is 23.3 Å². The summed E-state index contributed by atoms with van der Waals surface area (Å²) in [6, 6.07) is 8.14. The number of hydrogen-bond acceptors (Lipinski definition) is 4. The molecule has 1 N–H and O–H groups in total. The minimum absolute atomic E-state index is 0.638. The van der Waals surface area contributed by atoms with Crippen LogP contribution in [0.3, 0.4) is 0 Å². The second-order valence-electron chi connectivity index (χ2n) is 4.95. The highest BCUT2D eigenvalue weighted by atomic mass is 79.9. The average Bonchev–Trinajstić information content (AvgIpc) is 2.44. The minimum Gasteiger partial charge on any atom is -0.357 e. The van der Waals surface area contributed by atoms with E-state index in [1.807, 2.05) is 25.1 Å². The van der Waals surface area contributed by atoms with Crippen LogP contribution >= 0.6 is 15.9 Å². The van der Waals surface area contributed by atoms with Crippen LogP contribution in [0.4, 0.5) is 17.5 Å². The van der Waals surface area contributed by atoms with Gasteiger partial charge in [0.15, 0.2) is 0 Å².